The van der Waals surface area contributed by atoms with Gasteiger partial charge in [0.1, 0.15) is 0 Å². The first-order valence-electron chi connectivity index (χ1n) is 7.59. The van der Waals surface area contributed by atoms with Crippen molar-refractivity contribution in [2.75, 3.05) is 0 Å². The fraction of sp³-hybridized carbons (Fsp3) is 0.529. The number of rotatable bonds is 8. The van der Waals surface area contributed by atoms with Crippen molar-refractivity contribution in [1.29, 1.82) is 0 Å². The Balaban J connectivity index is 3.07. The molecule has 0 saturated carbocycles. The highest BCUT2D eigenvalue weighted by molar-refractivity contribution is 6.91. The van der Waals surface area contributed by atoms with Gasteiger partial charge in [0, 0.05) is 5.54 Å². The van der Waals surface area contributed by atoms with Crippen molar-refractivity contribution in [3.05, 3.63) is 35.4 Å². The van der Waals surface area contributed by atoms with Gasteiger partial charge in [-0.1, -0.05) is 99.2 Å². The molecular formula is C17H27ClSi. The van der Waals surface area contributed by atoms with Gasteiger partial charge < -0.3 is 0 Å². The van der Waals surface area contributed by atoms with E-state index in [0.29, 0.717) is 0 Å². The molecule has 0 N–H and O–H groups in total. The van der Waals surface area contributed by atoms with E-state index in [1.54, 1.807) is 10.7 Å². The van der Waals surface area contributed by atoms with Crippen LogP contribution in [-0.2, 0) is 0 Å². The summed E-state index contributed by atoms with van der Waals surface area (Å²) in [5.74, 6) is 0. The second-order valence-electron chi connectivity index (χ2n) is 5.44. The standard InChI is InChI=1S/C17H27ClSi/c1-4-13-19(14-5-2,15-6-3)17-9-7-16(8-10-17)11-12-18/h7-12H,4-6,13-15H2,1-3H3/b12-11+. The van der Waals surface area contributed by atoms with E-state index in [1.807, 2.05) is 6.08 Å². The summed E-state index contributed by atoms with van der Waals surface area (Å²) < 4.78 is 0. The van der Waals surface area contributed by atoms with E-state index in [4.69, 9.17) is 11.6 Å². The van der Waals surface area contributed by atoms with Crippen molar-refractivity contribution in [2.45, 2.75) is 58.2 Å². The average molecular weight is 295 g/mol. The molecule has 0 aromatic heterocycles. The Hall–Kier alpha value is -0.533. The normalized spacial score (nSPS) is 12.2. The van der Waals surface area contributed by atoms with Gasteiger partial charge in [-0.2, -0.15) is 0 Å². The lowest BCUT2D eigenvalue weighted by atomic mass is 10.2. The van der Waals surface area contributed by atoms with E-state index in [2.05, 4.69) is 45.0 Å². The molecule has 0 saturated heterocycles. The first-order valence-corrected chi connectivity index (χ1v) is 10.7. The van der Waals surface area contributed by atoms with Crippen molar-refractivity contribution < 1.29 is 0 Å². The molecule has 1 aromatic carbocycles. The van der Waals surface area contributed by atoms with Gasteiger partial charge in [0.25, 0.3) is 0 Å². The molecule has 0 aliphatic rings. The molecule has 19 heavy (non-hydrogen) atoms. The Morgan fingerprint density at radius 1 is 0.895 bits per heavy atom. The third-order valence-electron chi connectivity index (χ3n) is 3.96. The summed E-state index contributed by atoms with van der Waals surface area (Å²) in [6.07, 6.45) is 5.90. The zero-order valence-electron chi connectivity index (χ0n) is 12.6. The highest BCUT2D eigenvalue weighted by Crippen LogP contribution is 2.26. The molecule has 0 atom stereocenters. The minimum Gasteiger partial charge on any atom is -0.0929 e. The minimum atomic E-state index is -1.27. The smallest absolute Gasteiger partial charge is 0.0866 e. The van der Waals surface area contributed by atoms with Crippen LogP contribution >= 0.6 is 11.6 Å². The van der Waals surface area contributed by atoms with Crippen LogP contribution in [0, 0.1) is 0 Å². The van der Waals surface area contributed by atoms with Crippen LogP contribution in [0.25, 0.3) is 6.08 Å². The average Bonchev–Trinajstić information content (AvgIpc) is 2.41. The summed E-state index contributed by atoms with van der Waals surface area (Å²) >= 11 is 5.64. The second-order valence-corrected chi connectivity index (χ2v) is 10.3. The number of benzene rings is 1. The van der Waals surface area contributed by atoms with E-state index in [0.717, 1.165) is 0 Å². The first kappa shape index (κ1) is 16.5. The summed E-state index contributed by atoms with van der Waals surface area (Å²) in [6.45, 7) is 6.99. The van der Waals surface area contributed by atoms with Crippen molar-refractivity contribution in [3.8, 4) is 0 Å². The summed E-state index contributed by atoms with van der Waals surface area (Å²) in [7, 11) is -1.27. The lowest BCUT2D eigenvalue weighted by molar-refractivity contribution is 0.937. The first-order chi connectivity index (χ1) is 9.22. The van der Waals surface area contributed by atoms with E-state index in [9.17, 15) is 0 Å². The highest BCUT2D eigenvalue weighted by atomic mass is 35.5. The lowest BCUT2D eigenvalue weighted by Gasteiger charge is -2.32. The van der Waals surface area contributed by atoms with E-state index < -0.39 is 8.07 Å². The van der Waals surface area contributed by atoms with Gasteiger partial charge in [-0.3, -0.25) is 0 Å². The monoisotopic (exact) mass is 294 g/mol. The zero-order valence-corrected chi connectivity index (χ0v) is 14.3. The van der Waals surface area contributed by atoms with E-state index in [1.165, 1.54) is 43.0 Å². The van der Waals surface area contributed by atoms with E-state index in [-0.39, 0.29) is 0 Å². The Labute approximate surface area is 124 Å². The fourth-order valence-electron chi connectivity index (χ4n) is 3.26. The van der Waals surface area contributed by atoms with Gasteiger partial charge in [-0.15, -0.1) is 0 Å². The van der Waals surface area contributed by atoms with Gasteiger partial charge in [0.05, 0.1) is 8.07 Å². The number of halogens is 1. The molecule has 106 valence electrons. The Morgan fingerprint density at radius 3 is 1.74 bits per heavy atom. The quantitative estimate of drug-likeness (QED) is 0.533. The molecule has 2 heteroatoms. The molecule has 0 bridgehead atoms. The van der Waals surface area contributed by atoms with Crippen LogP contribution in [0.2, 0.25) is 18.1 Å². The molecular weight excluding hydrogens is 268 g/mol. The maximum Gasteiger partial charge on any atom is 0.0866 e. The largest absolute Gasteiger partial charge is 0.0929 e. The SMILES string of the molecule is CCC[Si](CCC)(CCC)c1ccc(/C=C/Cl)cc1. The Bertz CT molecular complexity index is 364. The topological polar surface area (TPSA) is 0 Å². The predicted octanol–water partition coefficient (Wildman–Crippen LogP) is 5.78. The van der Waals surface area contributed by atoms with Crippen LogP contribution in [0.5, 0.6) is 0 Å². The van der Waals surface area contributed by atoms with Crippen LogP contribution in [0.15, 0.2) is 29.8 Å². The fourth-order valence-corrected chi connectivity index (χ4v) is 8.77. The molecule has 0 nitrogen and oxygen atoms in total. The maximum atomic E-state index is 5.64. The van der Waals surface area contributed by atoms with Crippen LogP contribution < -0.4 is 5.19 Å². The van der Waals surface area contributed by atoms with Crippen LogP contribution in [-0.4, -0.2) is 8.07 Å². The minimum absolute atomic E-state index is 1.20. The number of hydrogen-bond acceptors (Lipinski definition) is 0. The third-order valence-corrected chi connectivity index (χ3v) is 10.0. The molecule has 1 aromatic rings. The van der Waals surface area contributed by atoms with Crippen molar-refractivity contribution in [2.24, 2.45) is 0 Å². The molecule has 1 rings (SSSR count). The summed E-state index contributed by atoms with van der Waals surface area (Å²) in [5.41, 5.74) is 2.79. The predicted molar refractivity (Wildman–Crippen MR) is 92.0 cm³/mol. The molecule has 0 aliphatic heterocycles. The maximum absolute atomic E-state index is 5.64. The second kappa shape index (κ2) is 8.60. The van der Waals surface area contributed by atoms with Crippen LogP contribution in [0.1, 0.15) is 45.6 Å². The Kier molecular flexibility index (Phi) is 7.48. The summed E-state index contributed by atoms with van der Waals surface area (Å²) in [5, 5.41) is 1.64. The third kappa shape index (κ3) is 4.50. The highest BCUT2D eigenvalue weighted by Gasteiger charge is 2.31. The van der Waals surface area contributed by atoms with Gasteiger partial charge in [-0.05, 0) is 11.6 Å². The Morgan fingerprint density at radius 2 is 1.37 bits per heavy atom. The van der Waals surface area contributed by atoms with Gasteiger partial charge >= 0.3 is 0 Å². The van der Waals surface area contributed by atoms with Gasteiger partial charge in [-0.25, -0.2) is 0 Å². The van der Waals surface area contributed by atoms with Crippen LogP contribution in [0.4, 0.5) is 0 Å². The molecule has 0 radical (unpaired) electrons. The van der Waals surface area contributed by atoms with Crippen molar-refractivity contribution in [3.63, 3.8) is 0 Å². The molecule has 0 heterocycles. The van der Waals surface area contributed by atoms with Crippen molar-refractivity contribution in [1.82, 2.24) is 0 Å². The van der Waals surface area contributed by atoms with Crippen molar-refractivity contribution >= 4 is 30.9 Å². The van der Waals surface area contributed by atoms with Gasteiger partial charge in [0.2, 0.25) is 0 Å². The summed E-state index contributed by atoms with van der Waals surface area (Å²) in [4.78, 5) is 0. The zero-order chi connectivity index (χ0) is 14.1. The molecule has 0 spiro atoms. The van der Waals surface area contributed by atoms with Gasteiger partial charge in [0.15, 0.2) is 0 Å². The van der Waals surface area contributed by atoms with Crippen LogP contribution in [0.3, 0.4) is 0 Å². The molecule has 0 fully saturated rings. The molecule has 0 amide bonds. The molecule has 0 unspecified atom stereocenters. The number of hydrogen-bond donors (Lipinski definition) is 0. The molecule has 0 aliphatic carbocycles. The van der Waals surface area contributed by atoms with E-state index >= 15 is 0 Å². The summed E-state index contributed by atoms with van der Waals surface area (Å²) in [6, 6.07) is 13.4. The lowest BCUT2D eigenvalue weighted by Crippen LogP contribution is -2.47.